The molecule has 0 amide bonds. The molecule has 2 N–H and O–H groups in total. The van der Waals surface area contributed by atoms with Gasteiger partial charge in [-0.3, -0.25) is 10.1 Å². The molecule has 0 aliphatic carbocycles. The second kappa shape index (κ2) is 3.19. The lowest BCUT2D eigenvalue weighted by Crippen LogP contribution is -1.94. The van der Waals surface area contributed by atoms with Gasteiger partial charge in [0.15, 0.2) is 0 Å². The highest BCUT2D eigenvalue weighted by atomic mass is 16.6. The van der Waals surface area contributed by atoms with Crippen LogP contribution in [-0.2, 0) is 6.61 Å². The third-order valence-corrected chi connectivity index (χ3v) is 1.44. The molecule has 64 valence electrons. The van der Waals surface area contributed by atoms with Crippen molar-refractivity contribution in [1.29, 1.82) is 0 Å². The Balaban J connectivity index is 3.21. The summed E-state index contributed by atoms with van der Waals surface area (Å²) < 4.78 is 0. The molecule has 12 heavy (non-hydrogen) atoms. The van der Waals surface area contributed by atoms with Crippen LogP contribution in [0.5, 0.6) is 5.75 Å². The van der Waals surface area contributed by atoms with Crippen molar-refractivity contribution in [1.82, 2.24) is 0 Å². The molecule has 1 rings (SSSR count). The number of aliphatic hydroxyl groups is 1. The van der Waals surface area contributed by atoms with E-state index in [2.05, 4.69) is 0 Å². The van der Waals surface area contributed by atoms with Gasteiger partial charge in [-0.2, -0.15) is 0 Å². The minimum absolute atomic E-state index is 0.182. The number of hydrogen-bond acceptors (Lipinski definition) is 4. The maximum absolute atomic E-state index is 10.3. The van der Waals surface area contributed by atoms with E-state index >= 15 is 0 Å². The van der Waals surface area contributed by atoms with Crippen LogP contribution < -0.4 is 0 Å². The van der Waals surface area contributed by atoms with Crippen LogP contribution in [0.15, 0.2) is 18.2 Å². The molecule has 0 unspecified atom stereocenters. The zero-order valence-corrected chi connectivity index (χ0v) is 6.10. The Morgan fingerprint density at radius 1 is 1.50 bits per heavy atom. The number of nitro groups is 1. The highest BCUT2D eigenvalue weighted by Crippen LogP contribution is 2.23. The number of nitro benzene ring substituents is 1. The summed E-state index contributed by atoms with van der Waals surface area (Å²) in [6, 6.07) is 3.61. The van der Waals surface area contributed by atoms with Gasteiger partial charge in [0.2, 0.25) is 0 Å². The van der Waals surface area contributed by atoms with Crippen molar-refractivity contribution < 1.29 is 15.1 Å². The number of aromatic hydroxyl groups is 1. The number of hydrogen-bond donors (Lipinski definition) is 2. The van der Waals surface area contributed by atoms with Crippen LogP contribution in [0.25, 0.3) is 0 Å². The van der Waals surface area contributed by atoms with Crippen LogP contribution in [-0.4, -0.2) is 15.1 Å². The molecule has 5 nitrogen and oxygen atoms in total. The molecule has 5 heteroatoms. The van der Waals surface area contributed by atoms with Crippen molar-refractivity contribution in [2.45, 2.75) is 6.61 Å². The Bertz CT molecular complexity index is 310. The van der Waals surface area contributed by atoms with E-state index in [1.165, 1.54) is 12.1 Å². The summed E-state index contributed by atoms with van der Waals surface area (Å²) in [5.74, 6) is -0.182. The van der Waals surface area contributed by atoms with Gasteiger partial charge >= 0.3 is 0 Å². The molecule has 0 aliphatic rings. The fraction of sp³-hybridized carbons (Fsp3) is 0.143. The van der Waals surface area contributed by atoms with Gasteiger partial charge in [0.1, 0.15) is 5.75 Å². The van der Waals surface area contributed by atoms with Gasteiger partial charge in [0.25, 0.3) is 5.69 Å². The van der Waals surface area contributed by atoms with E-state index in [0.717, 1.165) is 6.07 Å². The molecule has 0 atom stereocenters. The maximum Gasteiger partial charge on any atom is 0.278 e. The minimum atomic E-state index is -0.648. The Labute approximate surface area is 68.0 Å². The van der Waals surface area contributed by atoms with E-state index in [1.54, 1.807) is 0 Å². The molecule has 1 aromatic rings. The first-order chi connectivity index (χ1) is 5.65. The molecule has 0 aromatic heterocycles. The lowest BCUT2D eigenvalue weighted by atomic mass is 10.2. The van der Waals surface area contributed by atoms with E-state index in [0.29, 0.717) is 0 Å². The smallest absolute Gasteiger partial charge is 0.278 e. The Hall–Kier alpha value is -1.62. The molecule has 0 aliphatic heterocycles. The lowest BCUT2D eigenvalue weighted by Gasteiger charge is -1.98. The predicted octanol–water partition coefficient (Wildman–Crippen LogP) is 0.793. The van der Waals surface area contributed by atoms with Crippen LogP contribution in [0.1, 0.15) is 5.56 Å². The van der Waals surface area contributed by atoms with Crippen LogP contribution in [0.2, 0.25) is 0 Å². The Morgan fingerprint density at radius 3 is 2.67 bits per heavy atom. The monoisotopic (exact) mass is 169 g/mol. The van der Waals surface area contributed by atoms with Crippen molar-refractivity contribution in [3.63, 3.8) is 0 Å². The second-order valence-corrected chi connectivity index (χ2v) is 2.23. The summed E-state index contributed by atoms with van der Waals surface area (Å²) in [5, 5.41) is 27.9. The van der Waals surface area contributed by atoms with E-state index in [1.807, 2.05) is 0 Å². The summed E-state index contributed by atoms with van der Waals surface area (Å²) in [7, 11) is 0. The summed E-state index contributed by atoms with van der Waals surface area (Å²) in [6.07, 6.45) is 0. The lowest BCUT2D eigenvalue weighted by molar-refractivity contribution is -0.385. The summed E-state index contributed by atoms with van der Waals surface area (Å²) in [6.45, 7) is -0.406. The predicted molar refractivity (Wildman–Crippen MR) is 40.7 cm³/mol. The number of nitrogens with zero attached hydrogens (tertiary/aromatic N) is 1. The van der Waals surface area contributed by atoms with Crippen LogP contribution in [0.3, 0.4) is 0 Å². The van der Waals surface area contributed by atoms with Crippen molar-refractivity contribution in [3.8, 4) is 5.75 Å². The third kappa shape index (κ3) is 1.51. The van der Waals surface area contributed by atoms with Gasteiger partial charge in [-0.05, 0) is 12.1 Å². The van der Waals surface area contributed by atoms with E-state index in [-0.39, 0.29) is 17.0 Å². The molecule has 0 saturated carbocycles. The first kappa shape index (κ1) is 8.48. The molecule has 0 saturated heterocycles. The molecular weight excluding hydrogens is 162 g/mol. The zero-order valence-electron chi connectivity index (χ0n) is 6.10. The first-order valence-electron chi connectivity index (χ1n) is 3.22. The molecule has 0 spiro atoms. The van der Waals surface area contributed by atoms with Crippen molar-refractivity contribution in [2.75, 3.05) is 0 Å². The highest BCUT2D eigenvalue weighted by molar-refractivity contribution is 5.44. The summed E-state index contributed by atoms with van der Waals surface area (Å²) >= 11 is 0. The number of rotatable bonds is 2. The number of aliphatic hydroxyl groups excluding tert-OH is 1. The molecule has 0 fully saturated rings. The topological polar surface area (TPSA) is 83.6 Å². The quantitative estimate of drug-likeness (QED) is 0.506. The summed E-state index contributed by atoms with van der Waals surface area (Å²) in [5.41, 5.74) is -0.0738. The molecular formula is C7H7NO4. The Kier molecular flexibility index (Phi) is 2.25. The van der Waals surface area contributed by atoms with Crippen molar-refractivity contribution >= 4 is 5.69 Å². The van der Waals surface area contributed by atoms with Crippen LogP contribution in [0.4, 0.5) is 5.69 Å². The molecule has 0 heterocycles. The van der Waals surface area contributed by atoms with Gasteiger partial charge in [0, 0.05) is 0 Å². The largest absolute Gasteiger partial charge is 0.508 e. The number of phenolic OH excluding ortho intramolecular Hbond substituents is 1. The fourth-order valence-electron chi connectivity index (χ4n) is 0.856. The van der Waals surface area contributed by atoms with Crippen molar-refractivity contribution in [2.24, 2.45) is 0 Å². The van der Waals surface area contributed by atoms with Gasteiger partial charge < -0.3 is 10.2 Å². The van der Waals surface area contributed by atoms with E-state index in [9.17, 15) is 10.1 Å². The van der Waals surface area contributed by atoms with E-state index in [4.69, 9.17) is 10.2 Å². The van der Waals surface area contributed by atoms with Gasteiger partial charge in [-0.1, -0.05) is 0 Å². The van der Waals surface area contributed by atoms with Gasteiger partial charge in [-0.25, -0.2) is 0 Å². The Morgan fingerprint density at radius 2 is 2.17 bits per heavy atom. The fourth-order valence-corrected chi connectivity index (χ4v) is 0.856. The summed E-state index contributed by atoms with van der Waals surface area (Å²) in [4.78, 5) is 9.67. The number of benzene rings is 1. The first-order valence-corrected chi connectivity index (χ1v) is 3.22. The third-order valence-electron chi connectivity index (χ3n) is 1.44. The van der Waals surface area contributed by atoms with Crippen LogP contribution in [0, 0.1) is 10.1 Å². The average molecular weight is 169 g/mol. The number of phenols is 1. The molecule has 0 radical (unpaired) electrons. The minimum Gasteiger partial charge on any atom is -0.508 e. The van der Waals surface area contributed by atoms with Gasteiger partial charge in [0.05, 0.1) is 23.2 Å². The molecule has 0 bridgehead atoms. The van der Waals surface area contributed by atoms with Crippen LogP contribution >= 0.6 is 0 Å². The normalized spacial score (nSPS) is 9.75. The average Bonchev–Trinajstić information content (AvgIpc) is 2.04. The second-order valence-electron chi connectivity index (χ2n) is 2.23. The SMILES string of the molecule is O=[N+]([O-])c1cc(O)ccc1CO. The van der Waals surface area contributed by atoms with Gasteiger partial charge in [-0.15, -0.1) is 0 Å². The maximum atomic E-state index is 10.3. The van der Waals surface area contributed by atoms with E-state index < -0.39 is 11.5 Å². The zero-order chi connectivity index (χ0) is 9.14. The van der Waals surface area contributed by atoms with Crippen molar-refractivity contribution in [3.05, 3.63) is 33.9 Å². The standard InChI is InChI=1S/C7H7NO4/c9-4-5-1-2-6(10)3-7(5)8(11)12/h1-3,9-10H,4H2. The highest BCUT2D eigenvalue weighted by Gasteiger charge is 2.12. The molecule has 1 aromatic carbocycles.